The Labute approximate surface area is 172 Å². The average Bonchev–Trinajstić information content (AvgIpc) is 2.70. The van der Waals surface area contributed by atoms with Crippen molar-refractivity contribution in [2.75, 3.05) is 11.8 Å². The van der Waals surface area contributed by atoms with Crippen LogP contribution in [0.3, 0.4) is 0 Å². The second-order valence-electron chi connectivity index (χ2n) is 7.37. The van der Waals surface area contributed by atoms with Crippen LogP contribution in [0.25, 0.3) is 0 Å². The van der Waals surface area contributed by atoms with Gasteiger partial charge in [-0.1, -0.05) is 32.1 Å². The van der Waals surface area contributed by atoms with E-state index in [1.165, 1.54) is 38.5 Å². The topological polar surface area (TPSA) is 84.5 Å². The Bertz CT molecular complexity index is 901. The number of anilines is 1. The summed E-state index contributed by atoms with van der Waals surface area (Å²) in [6.07, 6.45) is 8.09. The molecule has 1 aliphatic rings. The van der Waals surface area contributed by atoms with Crippen LogP contribution in [-0.2, 0) is 10.0 Å². The normalized spacial score (nSPS) is 15.8. The average molecular weight is 417 g/mol. The van der Waals surface area contributed by atoms with Crippen molar-refractivity contribution in [3.05, 3.63) is 54.1 Å². The highest BCUT2D eigenvalue weighted by molar-refractivity contribution is 7.92. The predicted octanol–water partition coefficient (Wildman–Crippen LogP) is 4.34. The standard InChI is InChI=1S/C22H28N2O4S/c1-28-20-13-15-21(16-14-20)29(26,27)24-19-11-9-17(10-12-19)22(25)23-18-7-5-3-2-4-6-8-18/h9-16,18,24H,2-8H2,1H3,(H,23,25). The molecule has 29 heavy (non-hydrogen) atoms. The van der Waals surface area contributed by atoms with Crippen molar-refractivity contribution in [1.82, 2.24) is 5.32 Å². The van der Waals surface area contributed by atoms with Gasteiger partial charge in [-0.15, -0.1) is 0 Å². The third kappa shape index (κ3) is 5.97. The zero-order valence-electron chi connectivity index (χ0n) is 16.7. The van der Waals surface area contributed by atoms with Crippen LogP contribution in [0.5, 0.6) is 5.75 Å². The van der Waals surface area contributed by atoms with Crippen molar-refractivity contribution in [2.24, 2.45) is 0 Å². The quantitative estimate of drug-likeness (QED) is 0.734. The number of carbonyl (C=O) groups excluding carboxylic acids is 1. The molecule has 0 radical (unpaired) electrons. The highest BCUT2D eigenvalue weighted by atomic mass is 32.2. The molecule has 1 aliphatic carbocycles. The summed E-state index contributed by atoms with van der Waals surface area (Å²) in [4.78, 5) is 12.7. The van der Waals surface area contributed by atoms with Gasteiger partial charge in [0.05, 0.1) is 12.0 Å². The first-order valence-electron chi connectivity index (χ1n) is 10.1. The Kier molecular flexibility index (Phi) is 7.14. The van der Waals surface area contributed by atoms with Crippen LogP contribution in [-0.4, -0.2) is 27.5 Å². The maximum atomic E-state index is 12.5. The maximum absolute atomic E-state index is 12.5. The molecule has 6 nitrogen and oxygen atoms in total. The zero-order valence-corrected chi connectivity index (χ0v) is 17.5. The number of rotatable bonds is 6. The monoisotopic (exact) mass is 416 g/mol. The maximum Gasteiger partial charge on any atom is 0.261 e. The Balaban J connectivity index is 1.62. The summed E-state index contributed by atoms with van der Waals surface area (Å²) in [5.74, 6) is 0.476. The highest BCUT2D eigenvalue weighted by Gasteiger charge is 2.17. The molecule has 0 bridgehead atoms. The fourth-order valence-corrected chi connectivity index (χ4v) is 4.59. The first-order valence-corrected chi connectivity index (χ1v) is 11.5. The summed E-state index contributed by atoms with van der Waals surface area (Å²) in [5.41, 5.74) is 0.933. The molecular weight excluding hydrogens is 388 g/mol. The molecule has 0 atom stereocenters. The smallest absolute Gasteiger partial charge is 0.261 e. The number of hydrogen-bond donors (Lipinski definition) is 2. The van der Waals surface area contributed by atoms with E-state index in [9.17, 15) is 13.2 Å². The molecule has 7 heteroatoms. The van der Waals surface area contributed by atoms with E-state index in [0.29, 0.717) is 17.0 Å². The third-order valence-corrected chi connectivity index (χ3v) is 6.61. The molecule has 0 heterocycles. The van der Waals surface area contributed by atoms with Gasteiger partial charge in [0.25, 0.3) is 15.9 Å². The summed E-state index contributed by atoms with van der Waals surface area (Å²) in [6.45, 7) is 0. The number of ether oxygens (including phenoxy) is 1. The summed E-state index contributed by atoms with van der Waals surface area (Å²) in [7, 11) is -2.18. The van der Waals surface area contributed by atoms with E-state index >= 15 is 0 Å². The van der Waals surface area contributed by atoms with Crippen molar-refractivity contribution in [1.29, 1.82) is 0 Å². The van der Waals surface area contributed by atoms with E-state index in [2.05, 4.69) is 10.0 Å². The van der Waals surface area contributed by atoms with Gasteiger partial charge < -0.3 is 10.1 Å². The van der Waals surface area contributed by atoms with E-state index in [1.807, 2.05) is 0 Å². The number of methoxy groups -OCH3 is 1. The van der Waals surface area contributed by atoms with Gasteiger partial charge in [0.2, 0.25) is 0 Å². The minimum atomic E-state index is -3.71. The van der Waals surface area contributed by atoms with Crippen LogP contribution in [0.2, 0.25) is 0 Å². The third-order valence-electron chi connectivity index (χ3n) is 5.21. The molecular formula is C22H28N2O4S. The number of benzene rings is 2. The summed E-state index contributed by atoms with van der Waals surface area (Å²) >= 11 is 0. The van der Waals surface area contributed by atoms with Crippen molar-refractivity contribution in [3.63, 3.8) is 0 Å². The number of carbonyl (C=O) groups is 1. The van der Waals surface area contributed by atoms with Crippen LogP contribution in [0.15, 0.2) is 53.4 Å². The molecule has 0 aromatic heterocycles. The molecule has 1 amide bonds. The van der Waals surface area contributed by atoms with Crippen molar-refractivity contribution in [2.45, 2.75) is 55.9 Å². The van der Waals surface area contributed by atoms with Gasteiger partial charge in [-0.05, 0) is 61.4 Å². The zero-order chi connectivity index (χ0) is 20.7. The van der Waals surface area contributed by atoms with Gasteiger partial charge in [-0.25, -0.2) is 8.42 Å². The van der Waals surface area contributed by atoms with Gasteiger partial charge in [0.1, 0.15) is 5.75 Å². The molecule has 2 aromatic rings. The van der Waals surface area contributed by atoms with Crippen molar-refractivity contribution in [3.8, 4) is 5.75 Å². The molecule has 0 saturated heterocycles. The minimum absolute atomic E-state index is 0.111. The van der Waals surface area contributed by atoms with E-state index in [1.54, 1.807) is 36.4 Å². The lowest BCUT2D eigenvalue weighted by molar-refractivity contribution is 0.0930. The highest BCUT2D eigenvalue weighted by Crippen LogP contribution is 2.20. The number of hydrogen-bond acceptors (Lipinski definition) is 4. The second kappa shape index (κ2) is 9.78. The summed E-state index contributed by atoms with van der Waals surface area (Å²) in [6, 6.07) is 12.9. The van der Waals surface area contributed by atoms with Crippen molar-refractivity contribution < 1.29 is 17.9 Å². The van der Waals surface area contributed by atoms with E-state index in [0.717, 1.165) is 25.7 Å². The van der Waals surface area contributed by atoms with Gasteiger partial charge >= 0.3 is 0 Å². The van der Waals surface area contributed by atoms with E-state index in [4.69, 9.17) is 4.74 Å². The van der Waals surface area contributed by atoms with E-state index in [-0.39, 0.29) is 16.8 Å². The Morgan fingerprint density at radius 3 is 2.07 bits per heavy atom. The molecule has 1 saturated carbocycles. The summed E-state index contributed by atoms with van der Waals surface area (Å²) < 4.78 is 32.6. The van der Waals surface area contributed by atoms with Gasteiger partial charge in [-0.2, -0.15) is 0 Å². The molecule has 3 rings (SSSR count). The van der Waals surface area contributed by atoms with Crippen LogP contribution in [0, 0.1) is 0 Å². The van der Waals surface area contributed by atoms with Crippen LogP contribution < -0.4 is 14.8 Å². The fourth-order valence-electron chi connectivity index (χ4n) is 3.53. The Morgan fingerprint density at radius 2 is 1.48 bits per heavy atom. The number of amides is 1. The molecule has 156 valence electrons. The van der Waals surface area contributed by atoms with Gasteiger partial charge in [0, 0.05) is 17.3 Å². The lowest BCUT2D eigenvalue weighted by Crippen LogP contribution is -2.35. The van der Waals surface area contributed by atoms with Crippen LogP contribution in [0.1, 0.15) is 55.3 Å². The largest absolute Gasteiger partial charge is 0.497 e. The summed E-state index contributed by atoms with van der Waals surface area (Å²) in [5, 5.41) is 3.12. The molecule has 0 aliphatic heterocycles. The molecule has 0 unspecified atom stereocenters. The minimum Gasteiger partial charge on any atom is -0.497 e. The SMILES string of the molecule is COc1ccc(S(=O)(=O)Nc2ccc(C(=O)NC3CCCCCCC3)cc2)cc1. The molecule has 1 fully saturated rings. The van der Waals surface area contributed by atoms with Crippen LogP contribution in [0.4, 0.5) is 5.69 Å². The predicted molar refractivity (Wildman–Crippen MR) is 114 cm³/mol. The molecule has 2 N–H and O–H groups in total. The van der Waals surface area contributed by atoms with Crippen LogP contribution >= 0.6 is 0 Å². The first-order chi connectivity index (χ1) is 14.0. The second-order valence-corrected chi connectivity index (χ2v) is 9.06. The Morgan fingerprint density at radius 1 is 0.897 bits per heavy atom. The lowest BCUT2D eigenvalue weighted by Gasteiger charge is -2.21. The Hall–Kier alpha value is -2.54. The number of sulfonamides is 1. The molecule has 0 spiro atoms. The van der Waals surface area contributed by atoms with E-state index < -0.39 is 10.0 Å². The first kappa shape index (κ1) is 21.2. The fraction of sp³-hybridized carbons (Fsp3) is 0.409. The van der Waals surface area contributed by atoms with Crippen molar-refractivity contribution >= 4 is 21.6 Å². The lowest BCUT2D eigenvalue weighted by atomic mass is 9.96. The van der Waals surface area contributed by atoms with Gasteiger partial charge in [-0.3, -0.25) is 9.52 Å². The molecule has 2 aromatic carbocycles. The van der Waals surface area contributed by atoms with Gasteiger partial charge in [0.15, 0.2) is 0 Å². The number of nitrogens with one attached hydrogen (secondary N) is 2.